The van der Waals surface area contributed by atoms with E-state index in [1.54, 1.807) is 6.07 Å². The highest BCUT2D eigenvalue weighted by atomic mass is 79.9. The summed E-state index contributed by atoms with van der Waals surface area (Å²) < 4.78 is 6.41. The van der Waals surface area contributed by atoms with E-state index in [1.807, 2.05) is 18.2 Å². The molecule has 2 heterocycles. The van der Waals surface area contributed by atoms with Gasteiger partial charge in [-0.25, -0.2) is 4.98 Å². The Morgan fingerprint density at radius 3 is 2.95 bits per heavy atom. The van der Waals surface area contributed by atoms with Crippen molar-refractivity contribution in [3.05, 3.63) is 40.5 Å². The number of aromatic nitrogens is 2. The average molecular weight is 321 g/mol. The molecule has 2 N–H and O–H groups in total. The van der Waals surface area contributed by atoms with Gasteiger partial charge in [0.2, 0.25) is 5.95 Å². The molecular formula is C13H13BrN4O. The molecule has 6 heteroatoms. The van der Waals surface area contributed by atoms with E-state index in [2.05, 4.69) is 36.9 Å². The summed E-state index contributed by atoms with van der Waals surface area (Å²) in [5.41, 5.74) is 6.89. The Morgan fingerprint density at radius 2 is 2.11 bits per heavy atom. The molecule has 3 rings (SSSR count). The van der Waals surface area contributed by atoms with Gasteiger partial charge in [0.05, 0.1) is 6.54 Å². The number of halogens is 1. The lowest BCUT2D eigenvalue weighted by molar-refractivity contribution is 0.331. The van der Waals surface area contributed by atoms with Crippen LogP contribution in [0.4, 0.5) is 11.8 Å². The maximum absolute atomic E-state index is 5.76. The highest BCUT2D eigenvalue weighted by molar-refractivity contribution is 9.10. The molecular weight excluding hydrogens is 308 g/mol. The molecule has 98 valence electrons. The van der Waals surface area contributed by atoms with Crippen LogP contribution in [0.1, 0.15) is 5.56 Å². The van der Waals surface area contributed by atoms with Gasteiger partial charge >= 0.3 is 0 Å². The molecule has 0 bridgehead atoms. The summed E-state index contributed by atoms with van der Waals surface area (Å²) in [6.45, 7) is 2.05. The number of nitrogens with zero attached hydrogens (tertiary/aromatic N) is 3. The lowest BCUT2D eigenvalue weighted by Crippen LogP contribution is -2.27. The topological polar surface area (TPSA) is 64.3 Å². The second kappa shape index (κ2) is 5.05. The third-order valence-electron chi connectivity index (χ3n) is 2.94. The minimum absolute atomic E-state index is 0.454. The molecule has 0 radical (unpaired) electrons. The summed E-state index contributed by atoms with van der Waals surface area (Å²) in [7, 11) is 0. The van der Waals surface area contributed by atoms with E-state index in [9.17, 15) is 0 Å². The number of nitrogens with two attached hydrogens (primary N) is 1. The van der Waals surface area contributed by atoms with Crippen molar-refractivity contribution in [2.45, 2.75) is 6.54 Å². The lowest BCUT2D eigenvalue weighted by Gasteiger charge is -2.19. The normalized spacial score (nSPS) is 14.5. The number of ether oxygens (including phenoxy) is 1. The molecule has 0 atom stereocenters. The minimum Gasteiger partial charge on any atom is -0.491 e. The second-order valence-electron chi connectivity index (χ2n) is 4.29. The number of benzene rings is 1. The van der Waals surface area contributed by atoms with Crippen LogP contribution in [0.2, 0.25) is 0 Å². The number of hydrogen-bond acceptors (Lipinski definition) is 5. The third kappa shape index (κ3) is 2.63. The first kappa shape index (κ1) is 12.2. The first-order valence-corrected chi connectivity index (χ1v) is 6.77. The Balaban J connectivity index is 1.94. The zero-order chi connectivity index (χ0) is 13.2. The summed E-state index contributed by atoms with van der Waals surface area (Å²) in [5.74, 6) is 2.00. The molecule has 0 saturated carbocycles. The van der Waals surface area contributed by atoms with Crippen LogP contribution < -0.4 is 15.4 Å². The number of fused-ring (bicyclic) bond motifs is 1. The second-order valence-corrected chi connectivity index (χ2v) is 5.11. The molecule has 2 aromatic rings. The molecule has 0 aliphatic carbocycles. The van der Waals surface area contributed by atoms with Crippen molar-refractivity contribution in [1.29, 1.82) is 0 Å². The van der Waals surface area contributed by atoms with Gasteiger partial charge in [-0.15, -0.1) is 0 Å². The fraction of sp³-hybridized carbons (Fsp3) is 0.231. The number of nitrogen functional groups attached to an aromatic ring is 1. The van der Waals surface area contributed by atoms with Crippen LogP contribution in [0.15, 0.2) is 34.9 Å². The standard InChI is InChI=1S/C13H13BrN4O/c14-11-7-12(15)17-13(16-11)18-5-6-19-10-4-2-1-3-9(10)8-18/h1-4,7H,5-6,8H2,(H2,15,16,17). The number of hydrogen-bond donors (Lipinski definition) is 1. The molecule has 5 nitrogen and oxygen atoms in total. The van der Waals surface area contributed by atoms with Gasteiger partial charge in [-0.1, -0.05) is 18.2 Å². The van der Waals surface area contributed by atoms with Gasteiger partial charge in [0.25, 0.3) is 0 Å². The van der Waals surface area contributed by atoms with Crippen molar-refractivity contribution in [2.75, 3.05) is 23.8 Å². The Bertz CT molecular complexity index is 585. The molecule has 0 fully saturated rings. The average Bonchev–Trinajstić information content (AvgIpc) is 2.59. The highest BCUT2D eigenvalue weighted by Gasteiger charge is 2.17. The molecule has 0 saturated heterocycles. The van der Waals surface area contributed by atoms with Crippen LogP contribution in [-0.2, 0) is 6.54 Å². The Morgan fingerprint density at radius 1 is 1.26 bits per heavy atom. The van der Waals surface area contributed by atoms with E-state index in [0.717, 1.165) is 17.9 Å². The van der Waals surface area contributed by atoms with Crippen molar-refractivity contribution >= 4 is 27.7 Å². The zero-order valence-corrected chi connectivity index (χ0v) is 11.8. The third-order valence-corrected chi connectivity index (χ3v) is 3.34. The number of rotatable bonds is 1. The summed E-state index contributed by atoms with van der Waals surface area (Å²) in [6, 6.07) is 9.69. The van der Waals surface area contributed by atoms with Crippen molar-refractivity contribution in [1.82, 2.24) is 9.97 Å². The van der Waals surface area contributed by atoms with Gasteiger partial charge < -0.3 is 15.4 Å². The van der Waals surface area contributed by atoms with Crippen LogP contribution in [0, 0.1) is 0 Å². The smallest absolute Gasteiger partial charge is 0.228 e. The predicted octanol–water partition coefficient (Wildman–Crippen LogP) is 2.22. The fourth-order valence-electron chi connectivity index (χ4n) is 2.06. The van der Waals surface area contributed by atoms with Gasteiger partial charge in [-0.3, -0.25) is 0 Å². The highest BCUT2D eigenvalue weighted by Crippen LogP contribution is 2.25. The first-order chi connectivity index (χ1) is 9.22. The molecule has 1 aromatic carbocycles. The van der Waals surface area contributed by atoms with Gasteiger partial charge in [0.15, 0.2) is 0 Å². The zero-order valence-electron chi connectivity index (χ0n) is 10.2. The van der Waals surface area contributed by atoms with Crippen LogP contribution in [0.25, 0.3) is 0 Å². The van der Waals surface area contributed by atoms with Crippen LogP contribution in [0.3, 0.4) is 0 Å². The van der Waals surface area contributed by atoms with Crippen LogP contribution in [-0.4, -0.2) is 23.1 Å². The Kier molecular flexibility index (Phi) is 3.25. The summed E-state index contributed by atoms with van der Waals surface area (Å²) in [5, 5.41) is 0. The lowest BCUT2D eigenvalue weighted by atomic mass is 10.2. The minimum atomic E-state index is 0.454. The van der Waals surface area contributed by atoms with Crippen LogP contribution >= 0.6 is 15.9 Å². The van der Waals surface area contributed by atoms with E-state index < -0.39 is 0 Å². The van der Waals surface area contributed by atoms with Gasteiger partial charge in [0, 0.05) is 18.2 Å². The maximum atomic E-state index is 5.76. The van der Waals surface area contributed by atoms with Crippen molar-refractivity contribution in [3.63, 3.8) is 0 Å². The molecule has 0 amide bonds. The number of anilines is 2. The molecule has 1 aliphatic heterocycles. The maximum Gasteiger partial charge on any atom is 0.228 e. The van der Waals surface area contributed by atoms with Gasteiger partial charge in [-0.05, 0) is 22.0 Å². The first-order valence-electron chi connectivity index (χ1n) is 5.98. The van der Waals surface area contributed by atoms with Crippen molar-refractivity contribution in [2.24, 2.45) is 0 Å². The summed E-state index contributed by atoms with van der Waals surface area (Å²) in [6.07, 6.45) is 0. The molecule has 1 aromatic heterocycles. The summed E-state index contributed by atoms with van der Waals surface area (Å²) in [4.78, 5) is 10.7. The van der Waals surface area contributed by atoms with E-state index in [-0.39, 0.29) is 0 Å². The quantitative estimate of drug-likeness (QED) is 0.816. The van der Waals surface area contributed by atoms with Crippen molar-refractivity contribution < 1.29 is 4.74 Å². The molecule has 1 aliphatic rings. The fourth-order valence-corrected chi connectivity index (χ4v) is 2.45. The number of para-hydroxylation sites is 1. The molecule has 0 spiro atoms. The largest absolute Gasteiger partial charge is 0.491 e. The predicted molar refractivity (Wildman–Crippen MR) is 77.1 cm³/mol. The SMILES string of the molecule is Nc1cc(Br)nc(N2CCOc3ccccc3C2)n1. The van der Waals surface area contributed by atoms with E-state index in [4.69, 9.17) is 10.5 Å². The van der Waals surface area contributed by atoms with E-state index in [1.165, 1.54) is 0 Å². The van der Waals surface area contributed by atoms with Crippen LogP contribution in [0.5, 0.6) is 5.75 Å². The molecule has 19 heavy (non-hydrogen) atoms. The van der Waals surface area contributed by atoms with E-state index >= 15 is 0 Å². The van der Waals surface area contributed by atoms with Gasteiger partial charge in [0.1, 0.15) is 22.8 Å². The summed E-state index contributed by atoms with van der Waals surface area (Å²) >= 11 is 3.34. The Hall–Kier alpha value is -1.82. The van der Waals surface area contributed by atoms with Crippen molar-refractivity contribution in [3.8, 4) is 5.75 Å². The Labute approximate surface area is 119 Å². The van der Waals surface area contributed by atoms with E-state index in [0.29, 0.717) is 29.5 Å². The monoisotopic (exact) mass is 320 g/mol. The molecule has 0 unspecified atom stereocenters. The van der Waals surface area contributed by atoms with Gasteiger partial charge in [-0.2, -0.15) is 4.98 Å².